The molecule has 2 atom stereocenters. The molecule has 0 N–H and O–H groups in total. The van der Waals surface area contributed by atoms with Gasteiger partial charge in [0, 0.05) is 46.2 Å². The molecule has 9 aromatic carbocycles. The van der Waals surface area contributed by atoms with Crippen LogP contribution in [-0.2, 0) is 0 Å². The van der Waals surface area contributed by atoms with Crippen LogP contribution in [0.1, 0.15) is 42.0 Å². The highest BCUT2D eigenvalue weighted by Crippen LogP contribution is 2.49. The second kappa shape index (κ2) is 18.2. The maximum absolute atomic E-state index is 4.15. The van der Waals surface area contributed by atoms with E-state index in [1.165, 1.54) is 82.2 Å². The minimum atomic E-state index is 0.196. The van der Waals surface area contributed by atoms with E-state index < -0.39 is 0 Å². The van der Waals surface area contributed by atoms with E-state index in [2.05, 4.69) is 267 Å². The number of hydrogen-bond donors (Lipinski definition) is 0. The van der Waals surface area contributed by atoms with Crippen LogP contribution in [0.15, 0.2) is 249 Å². The number of hydrogen-bond acceptors (Lipinski definition) is 2. The molecule has 2 unspecified atom stereocenters. The molecule has 3 aliphatic carbocycles. The summed E-state index contributed by atoms with van der Waals surface area (Å²) < 4.78 is 0. The van der Waals surface area contributed by atoms with Gasteiger partial charge in [-0.2, -0.15) is 0 Å². The molecule has 0 aliphatic heterocycles. The van der Waals surface area contributed by atoms with Gasteiger partial charge in [0.15, 0.2) is 0 Å². The van der Waals surface area contributed by atoms with Crippen LogP contribution >= 0.6 is 0 Å². The lowest BCUT2D eigenvalue weighted by Gasteiger charge is -2.34. The first-order valence-corrected chi connectivity index (χ1v) is 24.7. The monoisotopic (exact) mass is 898 g/mol. The first-order valence-electron chi connectivity index (χ1n) is 24.7. The van der Waals surface area contributed by atoms with Gasteiger partial charge in [0.05, 0.1) is 5.69 Å². The van der Waals surface area contributed by atoms with Crippen LogP contribution in [-0.4, -0.2) is 0 Å². The fourth-order valence-corrected chi connectivity index (χ4v) is 11.0. The zero-order chi connectivity index (χ0) is 47.1. The van der Waals surface area contributed by atoms with Gasteiger partial charge in [-0.1, -0.05) is 200 Å². The molecule has 2 heteroatoms. The highest BCUT2D eigenvalue weighted by atomic mass is 15.1. The number of fused-ring (bicyclic) bond motifs is 5. The van der Waals surface area contributed by atoms with Gasteiger partial charge >= 0.3 is 0 Å². The van der Waals surface area contributed by atoms with E-state index in [-0.39, 0.29) is 11.8 Å². The highest BCUT2D eigenvalue weighted by molar-refractivity contribution is 6.20. The van der Waals surface area contributed by atoms with Gasteiger partial charge in [0.2, 0.25) is 0 Å². The van der Waals surface area contributed by atoms with Crippen molar-refractivity contribution in [2.24, 2.45) is 11.8 Å². The van der Waals surface area contributed by atoms with Crippen molar-refractivity contribution in [3.8, 4) is 11.1 Å². The molecule has 70 heavy (non-hydrogen) atoms. The summed E-state index contributed by atoms with van der Waals surface area (Å²) in [7, 11) is 0. The summed E-state index contributed by atoms with van der Waals surface area (Å²) in [6, 6.07) is 63.1. The molecule has 9 aromatic rings. The Bertz CT molecular complexity index is 3770. The Morgan fingerprint density at radius 3 is 2.00 bits per heavy atom. The summed E-state index contributed by atoms with van der Waals surface area (Å²) in [5.74, 6) is 0.481. The van der Waals surface area contributed by atoms with Crippen molar-refractivity contribution in [1.29, 1.82) is 0 Å². The molecule has 3 aliphatic rings. The zero-order valence-corrected chi connectivity index (χ0v) is 39.8. The Hall–Kier alpha value is -8.46. The lowest BCUT2D eigenvalue weighted by atomic mass is 9.81. The second-order valence-electron chi connectivity index (χ2n) is 19.0. The van der Waals surface area contributed by atoms with E-state index >= 15 is 0 Å². The average Bonchev–Trinajstić information content (AvgIpc) is 3.41. The van der Waals surface area contributed by atoms with Crippen molar-refractivity contribution in [2.75, 3.05) is 9.80 Å². The first kappa shape index (κ1) is 42.9. The summed E-state index contributed by atoms with van der Waals surface area (Å²) in [5.41, 5.74) is 15.7. The smallest absolute Gasteiger partial charge is 0.0540 e. The third kappa shape index (κ3) is 7.82. The quantitative estimate of drug-likeness (QED) is 0.126. The lowest BCUT2D eigenvalue weighted by Crippen LogP contribution is -2.27. The molecule has 336 valence electrons. The van der Waals surface area contributed by atoms with Gasteiger partial charge in [-0.3, -0.25) is 0 Å². The van der Waals surface area contributed by atoms with Gasteiger partial charge < -0.3 is 9.80 Å². The third-order valence-electron chi connectivity index (χ3n) is 14.7. The molecule has 0 amide bonds. The second-order valence-corrected chi connectivity index (χ2v) is 19.0. The maximum atomic E-state index is 4.15. The summed E-state index contributed by atoms with van der Waals surface area (Å²) in [4.78, 5) is 4.90. The van der Waals surface area contributed by atoms with Gasteiger partial charge in [0.1, 0.15) is 0 Å². The Labute approximate surface area is 411 Å². The standard InChI is InChI=1S/C68H54N2/c1-4-48-15-5-6-17-50(48)41-42-69(65-25-13-21-51-18-9-11-23-59(51)65)56-37-39-61-63(44-56)67(53-31-27-46(2)28-32-53)62-40-38-58(45-64(62)68(61)54-33-29-47(3)30-34-54)70(57-36-35-49-16-7-8-20-55(49)43-57)66-26-14-22-52-19-10-12-24-60(52)66/h4-29,31-33,35-45,51,59H,1,30,34H2,2-3H3/b42-41+. The van der Waals surface area contributed by atoms with Crippen LogP contribution in [0.4, 0.5) is 22.7 Å². The van der Waals surface area contributed by atoms with E-state index in [1.54, 1.807) is 0 Å². The van der Waals surface area contributed by atoms with Crippen LogP contribution < -0.4 is 9.80 Å². The summed E-state index contributed by atoms with van der Waals surface area (Å²) in [6.45, 7) is 8.58. The number of benzene rings is 9. The fourth-order valence-electron chi connectivity index (χ4n) is 11.0. The van der Waals surface area contributed by atoms with Crippen LogP contribution in [0.2, 0.25) is 0 Å². The molecule has 0 heterocycles. The van der Waals surface area contributed by atoms with E-state index in [0.717, 1.165) is 46.7 Å². The highest BCUT2D eigenvalue weighted by Gasteiger charge is 2.28. The molecule has 0 aromatic heterocycles. The predicted octanol–water partition coefficient (Wildman–Crippen LogP) is 18.8. The maximum Gasteiger partial charge on any atom is 0.0540 e. The number of anilines is 4. The van der Waals surface area contributed by atoms with Crippen LogP contribution in [0.25, 0.3) is 71.9 Å². The SMILES string of the molecule is C=Cc1ccccc1/C=C/N(C1=CC=CC2C=CC=CC12)c1ccc2c(C3=CC=C(C)CC3)c3cc(N(c4ccc5ccccc5c4)c4cccc5ccccc45)ccc3c(-c3ccc(C)cc3)c2c1. The van der Waals surface area contributed by atoms with Crippen LogP contribution in [0.5, 0.6) is 0 Å². The van der Waals surface area contributed by atoms with Gasteiger partial charge in [0.25, 0.3) is 0 Å². The van der Waals surface area contributed by atoms with Gasteiger partial charge in [-0.05, 0) is 152 Å². The average molecular weight is 899 g/mol. The van der Waals surface area contributed by atoms with Gasteiger partial charge in [-0.25, -0.2) is 0 Å². The summed E-state index contributed by atoms with van der Waals surface area (Å²) in [6.07, 6.45) is 29.1. The predicted molar refractivity (Wildman–Crippen MR) is 303 cm³/mol. The fraction of sp³-hybridized carbons (Fsp3) is 0.0882. The van der Waals surface area contributed by atoms with Crippen molar-refractivity contribution < 1.29 is 0 Å². The molecule has 0 spiro atoms. The summed E-state index contributed by atoms with van der Waals surface area (Å²) >= 11 is 0. The molecule has 0 radical (unpaired) electrons. The van der Waals surface area contributed by atoms with Crippen molar-refractivity contribution in [1.82, 2.24) is 0 Å². The molecule has 0 bridgehead atoms. The number of aryl methyl sites for hydroxylation is 1. The van der Waals surface area contributed by atoms with Crippen LogP contribution in [0, 0.1) is 18.8 Å². The Balaban J connectivity index is 1.14. The number of allylic oxidation sites excluding steroid dienone is 11. The minimum Gasteiger partial charge on any atom is -0.320 e. The number of rotatable bonds is 10. The molecular weight excluding hydrogens is 845 g/mol. The van der Waals surface area contributed by atoms with Crippen molar-refractivity contribution >= 4 is 83.6 Å². The van der Waals surface area contributed by atoms with E-state index in [9.17, 15) is 0 Å². The topological polar surface area (TPSA) is 6.48 Å². The Morgan fingerprint density at radius 1 is 0.500 bits per heavy atom. The Morgan fingerprint density at radius 2 is 1.17 bits per heavy atom. The number of nitrogens with zero attached hydrogens (tertiary/aromatic N) is 2. The third-order valence-corrected chi connectivity index (χ3v) is 14.7. The van der Waals surface area contributed by atoms with E-state index in [0.29, 0.717) is 0 Å². The van der Waals surface area contributed by atoms with Crippen molar-refractivity contribution in [2.45, 2.75) is 26.7 Å². The molecule has 2 nitrogen and oxygen atoms in total. The molecule has 0 fully saturated rings. The molecule has 0 saturated heterocycles. The van der Waals surface area contributed by atoms with Crippen LogP contribution in [0.3, 0.4) is 0 Å². The van der Waals surface area contributed by atoms with Crippen molar-refractivity contribution in [3.63, 3.8) is 0 Å². The summed E-state index contributed by atoms with van der Waals surface area (Å²) in [5, 5.41) is 9.83. The largest absolute Gasteiger partial charge is 0.320 e. The molecule has 12 rings (SSSR count). The first-order chi connectivity index (χ1) is 34.5. The Kier molecular flexibility index (Phi) is 11.2. The van der Waals surface area contributed by atoms with Crippen molar-refractivity contribution in [3.05, 3.63) is 271 Å². The molecular formula is C68H54N2. The minimum absolute atomic E-state index is 0.196. The normalized spacial score (nSPS) is 16.4. The van der Waals surface area contributed by atoms with Gasteiger partial charge in [-0.15, -0.1) is 0 Å². The molecule has 0 saturated carbocycles. The lowest BCUT2D eigenvalue weighted by molar-refractivity contribution is 0.612. The van der Waals surface area contributed by atoms with E-state index in [1.807, 2.05) is 6.08 Å². The van der Waals surface area contributed by atoms with E-state index in [4.69, 9.17) is 0 Å². The zero-order valence-electron chi connectivity index (χ0n) is 39.8.